The van der Waals surface area contributed by atoms with E-state index < -0.39 is 5.97 Å². The fourth-order valence-electron chi connectivity index (χ4n) is 5.01. The highest BCUT2D eigenvalue weighted by molar-refractivity contribution is 6.05. The van der Waals surface area contributed by atoms with Crippen molar-refractivity contribution in [2.75, 3.05) is 11.9 Å². The number of ether oxygens (including phenoxy) is 1. The minimum Gasteiger partial charge on any atom is -0.491 e. The van der Waals surface area contributed by atoms with E-state index in [4.69, 9.17) is 9.84 Å². The van der Waals surface area contributed by atoms with Crippen molar-refractivity contribution in [3.63, 3.8) is 0 Å². The number of nitrogens with one attached hydrogen (secondary N) is 1. The van der Waals surface area contributed by atoms with Crippen molar-refractivity contribution in [1.82, 2.24) is 4.57 Å². The number of benzene rings is 4. The summed E-state index contributed by atoms with van der Waals surface area (Å²) in [6.45, 7) is 2.11. The molecule has 0 aliphatic rings. The summed E-state index contributed by atoms with van der Waals surface area (Å²) in [5, 5.41) is 12.6. The number of nitrogens with zero attached hydrogens (tertiary/aromatic N) is 1. The number of carboxylic acid groups (broad SMARTS) is 1. The summed E-state index contributed by atoms with van der Waals surface area (Å²) in [5.41, 5.74) is 4.68. The van der Waals surface area contributed by atoms with Crippen molar-refractivity contribution in [3.8, 4) is 5.75 Å². The Bertz CT molecular complexity index is 1740. The van der Waals surface area contributed by atoms with E-state index in [-0.39, 0.29) is 30.8 Å². The number of carbonyl (C=O) groups is 2. The molecule has 4 aromatic carbocycles. The van der Waals surface area contributed by atoms with E-state index in [2.05, 4.69) is 9.88 Å². The summed E-state index contributed by atoms with van der Waals surface area (Å²) in [6, 6.07) is 31.4. The van der Waals surface area contributed by atoms with Gasteiger partial charge >= 0.3 is 5.97 Å². The van der Waals surface area contributed by atoms with E-state index >= 15 is 4.39 Å². The van der Waals surface area contributed by atoms with Crippen LogP contribution in [0.5, 0.6) is 5.75 Å². The van der Waals surface area contributed by atoms with E-state index in [0.717, 1.165) is 27.6 Å². The number of aliphatic carboxylic acids is 1. The molecule has 0 aliphatic carbocycles. The Morgan fingerprint density at radius 2 is 1.69 bits per heavy atom. The average molecular weight is 563 g/mol. The van der Waals surface area contributed by atoms with Crippen LogP contribution in [0.1, 0.15) is 42.5 Å². The summed E-state index contributed by atoms with van der Waals surface area (Å²) in [4.78, 5) is 23.7. The van der Waals surface area contributed by atoms with E-state index in [1.807, 2.05) is 79.9 Å². The molecule has 5 rings (SSSR count). The van der Waals surface area contributed by atoms with Gasteiger partial charge in [-0.3, -0.25) is 9.59 Å². The summed E-state index contributed by atoms with van der Waals surface area (Å²) in [5.74, 6) is -0.971. The number of halogens is 1. The van der Waals surface area contributed by atoms with Gasteiger partial charge in [0, 0.05) is 35.2 Å². The number of carboxylic acids is 1. The molecule has 1 amide bonds. The zero-order valence-electron chi connectivity index (χ0n) is 23.2. The number of aromatic nitrogens is 1. The number of fused-ring (bicyclic) bond motifs is 1. The summed E-state index contributed by atoms with van der Waals surface area (Å²) in [7, 11) is 0. The van der Waals surface area contributed by atoms with Crippen LogP contribution in [0, 0.1) is 5.82 Å². The first-order valence-corrected chi connectivity index (χ1v) is 13.7. The maximum atomic E-state index is 15.0. The Morgan fingerprint density at radius 3 is 2.48 bits per heavy atom. The van der Waals surface area contributed by atoms with Crippen molar-refractivity contribution in [2.45, 2.75) is 25.8 Å². The van der Waals surface area contributed by atoms with Crippen LogP contribution in [0.4, 0.5) is 10.1 Å². The fourth-order valence-corrected chi connectivity index (χ4v) is 5.01. The lowest BCUT2D eigenvalue weighted by molar-refractivity contribution is -0.137. The van der Waals surface area contributed by atoms with E-state index in [9.17, 15) is 9.59 Å². The molecule has 0 fully saturated rings. The van der Waals surface area contributed by atoms with Gasteiger partial charge in [-0.2, -0.15) is 0 Å². The summed E-state index contributed by atoms with van der Waals surface area (Å²) in [6.07, 6.45) is 3.89. The fraction of sp³-hybridized carbons (Fsp3) is 0.143. The molecule has 0 saturated carbocycles. The second-order valence-corrected chi connectivity index (χ2v) is 9.99. The highest BCUT2D eigenvalue weighted by Gasteiger charge is 2.21. The zero-order valence-corrected chi connectivity index (χ0v) is 23.2. The average Bonchev–Trinajstić information content (AvgIpc) is 3.40. The van der Waals surface area contributed by atoms with E-state index in [0.29, 0.717) is 23.4 Å². The molecule has 0 spiro atoms. The lowest BCUT2D eigenvalue weighted by Gasteiger charge is -2.22. The maximum absolute atomic E-state index is 15.0. The molecule has 1 heterocycles. The second-order valence-electron chi connectivity index (χ2n) is 9.99. The van der Waals surface area contributed by atoms with Gasteiger partial charge in [0.1, 0.15) is 11.6 Å². The predicted molar refractivity (Wildman–Crippen MR) is 163 cm³/mol. The van der Waals surface area contributed by atoms with Gasteiger partial charge in [0.15, 0.2) is 0 Å². The quantitative estimate of drug-likeness (QED) is 0.128. The van der Waals surface area contributed by atoms with Crippen LogP contribution < -0.4 is 10.1 Å². The molecule has 2 N–H and O–H groups in total. The Kier molecular flexibility index (Phi) is 8.78. The molecule has 5 aromatic rings. The van der Waals surface area contributed by atoms with Gasteiger partial charge in [-0.1, -0.05) is 66.7 Å². The first-order chi connectivity index (χ1) is 20.4. The number of rotatable bonds is 11. The molecule has 6 nitrogen and oxygen atoms in total. The van der Waals surface area contributed by atoms with Crippen LogP contribution in [0.25, 0.3) is 16.5 Å². The van der Waals surface area contributed by atoms with Crippen molar-refractivity contribution >= 4 is 34.0 Å². The molecular formula is C35H31FN2O4. The minimum absolute atomic E-state index is 0.0141. The van der Waals surface area contributed by atoms with Crippen LogP contribution >= 0.6 is 0 Å². The molecule has 1 atom stereocenters. The summed E-state index contributed by atoms with van der Waals surface area (Å²) < 4.78 is 22.8. The first-order valence-electron chi connectivity index (χ1n) is 13.7. The predicted octanol–water partition coefficient (Wildman–Crippen LogP) is 7.70. The molecule has 7 heteroatoms. The van der Waals surface area contributed by atoms with Crippen LogP contribution in [0.3, 0.4) is 0 Å². The number of para-hydroxylation sites is 2. The number of allylic oxidation sites excluding steroid dienone is 1. The van der Waals surface area contributed by atoms with Crippen molar-refractivity contribution in [3.05, 3.63) is 138 Å². The minimum atomic E-state index is -0.878. The molecule has 0 aliphatic heterocycles. The number of hydrogen-bond acceptors (Lipinski definition) is 3. The third kappa shape index (κ3) is 6.58. The summed E-state index contributed by atoms with van der Waals surface area (Å²) >= 11 is 0. The number of hydrogen-bond donors (Lipinski definition) is 2. The van der Waals surface area contributed by atoms with Crippen LogP contribution in [0.2, 0.25) is 0 Å². The molecule has 42 heavy (non-hydrogen) atoms. The second kappa shape index (κ2) is 13.0. The molecular weight excluding hydrogens is 531 g/mol. The normalized spacial score (nSPS) is 12.2. The molecule has 0 bridgehead atoms. The molecule has 0 radical (unpaired) electrons. The smallest absolute Gasteiger partial charge is 0.303 e. The Hall–Kier alpha value is -5.17. The van der Waals surface area contributed by atoms with Gasteiger partial charge in [-0.05, 0) is 66.4 Å². The van der Waals surface area contributed by atoms with Gasteiger partial charge in [-0.25, -0.2) is 4.39 Å². The molecule has 1 aromatic heterocycles. The number of anilines is 1. The monoisotopic (exact) mass is 562 g/mol. The van der Waals surface area contributed by atoms with Gasteiger partial charge in [0.05, 0.1) is 18.3 Å². The lowest BCUT2D eigenvalue weighted by Crippen LogP contribution is -2.13. The van der Waals surface area contributed by atoms with E-state index in [1.165, 1.54) is 12.1 Å². The first kappa shape index (κ1) is 28.4. The third-order valence-corrected chi connectivity index (χ3v) is 7.05. The van der Waals surface area contributed by atoms with Crippen molar-refractivity contribution in [2.24, 2.45) is 0 Å². The van der Waals surface area contributed by atoms with Crippen LogP contribution in [-0.2, 0) is 9.59 Å². The van der Waals surface area contributed by atoms with Crippen LogP contribution in [-0.4, -0.2) is 28.2 Å². The Morgan fingerprint density at radius 1 is 0.952 bits per heavy atom. The standard InChI is InChI=1S/C35H31FN2O4/c1-24(22-33(39)37-30-14-7-8-15-32(30)42-21-9-16-34(40)41)26-17-18-31-27(23-26)19-20-38(31)35(25-10-3-2-4-11-25)28-12-5-6-13-29(28)36/h2-8,10-15,17-20,22-23,35H,9,16,21H2,1H3,(H,37,39)(H,40,41)/b24-22+. The number of carbonyl (C=O) groups excluding carboxylic acids is 1. The SMILES string of the molecule is C/C(=C\C(=O)Nc1ccccc1OCCCC(=O)O)c1ccc2c(ccn2C(c2ccccc2)c2ccccc2F)c1. The Labute approximate surface area is 243 Å². The molecule has 0 saturated heterocycles. The van der Waals surface area contributed by atoms with Gasteiger partial charge in [0.2, 0.25) is 5.91 Å². The van der Waals surface area contributed by atoms with Crippen LogP contribution in [0.15, 0.2) is 115 Å². The van der Waals surface area contributed by atoms with E-state index in [1.54, 1.807) is 30.3 Å². The Balaban J connectivity index is 1.37. The third-order valence-electron chi connectivity index (χ3n) is 7.05. The van der Waals surface area contributed by atoms with Crippen molar-refractivity contribution in [1.29, 1.82) is 0 Å². The lowest BCUT2D eigenvalue weighted by atomic mass is 9.97. The molecule has 212 valence electrons. The number of amides is 1. The maximum Gasteiger partial charge on any atom is 0.303 e. The topological polar surface area (TPSA) is 80.6 Å². The highest BCUT2D eigenvalue weighted by Crippen LogP contribution is 2.33. The van der Waals surface area contributed by atoms with Gasteiger partial charge in [-0.15, -0.1) is 0 Å². The zero-order chi connectivity index (χ0) is 29.5. The van der Waals surface area contributed by atoms with Crippen molar-refractivity contribution < 1.29 is 23.8 Å². The van der Waals surface area contributed by atoms with Gasteiger partial charge < -0.3 is 19.7 Å². The largest absolute Gasteiger partial charge is 0.491 e. The highest BCUT2D eigenvalue weighted by atomic mass is 19.1. The molecule has 1 unspecified atom stereocenters. The van der Waals surface area contributed by atoms with Gasteiger partial charge in [0.25, 0.3) is 0 Å².